The number of nitrogens with one attached hydrogen (secondary N) is 1. The molecule has 1 fully saturated rings. The van der Waals surface area contributed by atoms with Crippen LogP contribution in [0.5, 0.6) is 0 Å². The lowest BCUT2D eigenvalue weighted by Crippen LogP contribution is -2.39. The van der Waals surface area contributed by atoms with E-state index in [1.165, 1.54) is 6.07 Å². The van der Waals surface area contributed by atoms with Crippen LogP contribution in [0, 0.1) is 5.92 Å². The van der Waals surface area contributed by atoms with Crippen molar-refractivity contribution in [3.63, 3.8) is 0 Å². The van der Waals surface area contributed by atoms with Crippen LogP contribution in [-0.2, 0) is 10.0 Å². The Morgan fingerprint density at radius 3 is 2.72 bits per heavy atom. The van der Waals surface area contributed by atoms with Gasteiger partial charge in [-0.2, -0.15) is 0 Å². The molecule has 2 atom stereocenters. The van der Waals surface area contributed by atoms with Crippen LogP contribution in [0.4, 0.5) is 0 Å². The Morgan fingerprint density at radius 1 is 1.44 bits per heavy atom. The van der Waals surface area contributed by atoms with Gasteiger partial charge in [0.15, 0.2) is 0 Å². The Bertz CT molecular complexity index is 530. The van der Waals surface area contributed by atoms with E-state index in [4.69, 9.17) is 28.9 Å². The molecule has 0 amide bonds. The van der Waals surface area contributed by atoms with Gasteiger partial charge in [0.05, 0.1) is 4.34 Å². The maximum atomic E-state index is 12.2. The molecule has 8 heteroatoms. The Kier molecular flexibility index (Phi) is 4.57. The average molecular weight is 329 g/mol. The second-order valence-electron chi connectivity index (χ2n) is 4.34. The fraction of sp³-hybridized carbons (Fsp3) is 0.600. The maximum Gasteiger partial charge on any atom is 0.243 e. The van der Waals surface area contributed by atoms with Gasteiger partial charge in [0, 0.05) is 6.04 Å². The van der Waals surface area contributed by atoms with Gasteiger partial charge in [-0.15, -0.1) is 11.3 Å². The van der Waals surface area contributed by atoms with Gasteiger partial charge < -0.3 is 5.73 Å². The third kappa shape index (κ3) is 3.00. The van der Waals surface area contributed by atoms with Crippen molar-refractivity contribution in [1.82, 2.24) is 4.72 Å². The second kappa shape index (κ2) is 5.64. The van der Waals surface area contributed by atoms with Gasteiger partial charge in [-0.05, 0) is 31.4 Å². The summed E-state index contributed by atoms with van der Waals surface area (Å²) in [4.78, 5) is 0.0573. The van der Waals surface area contributed by atoms with Gasteiger partial charge in [-0.3, -0.25) is 0 Å². The molecule has 0 saturated heterocycles. The van der Waals surface area contributed by atoms with Crippen LogP contribution in [0.25, 0.3) is 0 Å². The largest absolute Gasteiger partial charge is 0.330 e. The molecule has 1 saturated carbocycles. The predicted octanol–water partition coefficient (Wildman–Crippen LogP) is 2.46. The van der Waals surface area contributed by atoms with Crippen LogP contribution in [-0.4, -0.2) is 21.0 Å². The molecule has 1 aliphatic rings. The van der Waals surface area contributed by atoms with Gasteiger partial charge in [-0.1, -0.05) is 29.6 Å². The minimum atomic E-state index is -3.61. The van der Waals surface area contributed by atoms with E-state index in [1.807, 2.05) is 0 Å². The smallest absolute Gasteiger partial charge is 0.243 e. The normalized spacial score (nSPS) is 24.6. The number of halogens is 2. The second-order valence-corrected chi connectivity index (χ2v) is 8.31. The number of hydrogen-bond acceptors (Lipinski definition) is 4. The molecule has 18 heavy (non-hydrogen) atoms. The zero-order chi connectivity index (χ0) is 13.3. The lowest BCUT2D eigenvalue weighted by Gasteiger charge is -2.19. The lowest BCUT2D eigenvalue weighted by molar-refractivity contribution is 0.453. The third-order valence-electron chi connectivity index (χ3n) is 3.18. The standard InChI is InChI=1S/C10H14Cl2N2O2S2/c11-9-4-8(10(12)17-9)18(15,16)14-7-3-1-2-6(7)5-13/h4,6-7,14H,1-3,5,13H2. The Hall–Kier alpha value is 0.150. The van der Waals surface area contributed by atoms with Gasteiger partial charge in [0.1, 0.15) is 9.23 Å². The molecular weight excluding hydrogens is 315 g/mol. The number of nitrogens with two attached hydrogens (primary N) is 1. The number of hydrogen-bond donors (Lipinski definition) is 2. The minimum Gasteiger partial charge on any atom is -0.330 e. The van der Waals surface area contributed by atoms with Crippen molar-refractivity contribution in [2.24, 2.45) is 11.7 Å². The SMILES string of the molecule is NCC1CCCC1NS(=O)(=O)c1cc(Cl)sc1Cl. The summed E-state index contributed by atoms with van der Waals surface area (Å²) in [5.41, 5.74) is 5.64. The molecule has 2 unspecified atom stereocenters. The van der Waals surface area contributed by atoms with Crippen molar-refractivity contribution in [3.8, 4) is 0 Å². The summed E-state index contributed by atoms with van der Waals surface area (Å²) in [6.45, 7) is 0.491. The first-order chi connectivity index (χ1) is 8.44. The Morgan fingerprint density at radius 2 is 2.17 bits per heavy atom. The van der Waals surface area contributed by atoms with Crippen LogP contribution in [0.3, 0.4) is 0 Å². The summed E-state index contributed by atoms with van der Waals surface area (Å²) in [5, 5.41) is 0. The molecule has 3 N–H and O–H groups in total. The molecule has 2 rings (SSSR count). The molecule has 0 spiro atoms. The minimum absolute atomic E-state index is 0.0573. The highest BCUT2D eigenvalue weighted by molar-refractivity contribution is 7.89. The van der Waals surface area contributed by atoms with Crippen molar-refractivity contribution in [2.45, 2.75) is 30.2 Å². The van der Waals surface area contributed by atoms with E-state index in [0.717, 1.165) is 30.6 Å². The first-order valence-corrected chi connectivity index (χ1v) is 8.67. The average Bonchev–Trinajstić information content (AvgIpc) is 2.84. The fourth-order valence-corrected chi connectivity index (χ4v) is 5.73. The first kappa shape index (κ1) is 14.6. The third-order valence-corrected chi connectivity index (χ3v) is 6.43. The van der Waals surface area contributed by atoms with Crippen LogP contribution in [0.15, 0.2) is 11.0 Å². The molecule has 1 aromatic rings. The van der Waals surface area contributed by atoms with Gasteiger partial charge >= 0.3 is 0 Å². The van der Waals surface area contributed by atoms with E-state index in [0.29, 0.717) is 10.9 Å². The van der Waals surface area contributed by atoms with E-state index in [9.17, 15) is 8.42 Å². The molecule has 0 aliphatic heterocycles. The van der Waals surface area contributed by atoms with Crippen LogP contribution < -0.4 is 10.5 Å². The van der Waals surface area contributed by atoms with E-state index >= 15 is 0 Å². The fourth-order valence-electron chi connectivity index (χ4n) is 2.25. The molecule has 1 aliphatic carbocycles. The van der Waals surface area contributed by atoms with E-state index in [2.05, 4.69) is 4.72 Å². The number of rotatable bonds is 4. The Labute approximate surface area is 121 Å². The highest BCUT2D eigenvalue weighted by Crippen LogP contribution is 2.35. The van der Waals surface area contributed by atoms with Gasteiger partial charge in [0.2, 0.25) is 10.0 Å². The summed E-state index contributed by atoms with van der Waals surface area (Å²) in [6.07, 6.45) is 2.77. The molecular formula is C10H14Cl2N2O2S2. The van der Waals surface area contributed by atoms with E-state index in [-0.39, 0.29) is 21.2 Å². The lowest BCUT2D eigenvalue weighted by atomic mass is 10.1. The van der Waals surface area contributed by atoms with Gasteiger partial charge in [-0.25, -0.2) is 13.1 Å². The van der Waals surface area contributed by atoms with Crippen LogP contribution in [0.1, 0.15) is 19.3 Å². The summed E-state index contributed by atoms with van der Waals surface area (Å²) >= 11 is 12.7. The molecule has 0 radical (unpaired) electrons. The maximum absolute atomic E-state index is 12.2. The highest BCUT2D eigenvalue weighted by Gasteiger charge is 2.31. The summed E-state index contributed by atoms with van der Waals surface area (Å²) in [6, 6.07) is 1.28. The summed E-state index contributed by atoms with van der Waals surface area (Å²) < 4.78 is 27.6. The van der Waals surface area contributed by atoms with E-state index in [1.54, 1.807) is 0 Å². The molecule has 0 aromatic carbocycles. The zero-order valence-electron chi connectivity index (χ0n) is 9.53. The van der Waals surface area contributed by atoms with Crippen molar-refractivity contribution < 1.29 is 8.42 Å². The summed E-state index contributed by atoms with van der Waals surface area (Å²) in [7, 11) is -3.61. The van der Waals surface area contributed by atoms with E-state index < -0.39 is 10.0 Å². The molecule has 0 bridgehead atoms. The highest BCUT2D eigenvalue weighted by atomic mass is 35.5. The Balaban J connectivity index is 2.19. The number of sulfonamides is 1. The van der Waals surface area contributed by atoms with Crippen molar-refractivity contribution in [3.05, 3.63) is 14.7 Å². The molecule has 102 valence electrons. The first-order valence-electron chi connectivity index (χ1n) is 5.61. The van der Waals surface area contributed by atoms with Crippen molar-refractivity contribution >= 4 is 44.6 Å². The topological polar surface area (TPSA) is 72.2 Å². The monoisotopic (exact) mass is 328 g/mol. The van der Waals surface area contributed by atoms with Crippen LogP contribution >= 0.6 is 34.5 Å². The predicted molar refractivity (Wildman–Crippen MR) is 74.8 cm³/mol. The number of thiophene rings is 1. The van der Waals surface area contributed by atoms with Crippen LogP contribution in [0.2, 0.25) is 8.67 Å². The summed E-state index contributed by atoms with van der Waals surface area (Å²) in [5.74, 6) is 0.202. The molecule has 1 heterocycles. The molecule has 1 aromatic heterocycles. The molecule has 4 nitrogen and oxygen atoms in total. The van der Waals surface area contributed by atoms with Gasteiger partial charge in [0.25, 0.3) is 0 Å². The van der Waals surface area contributed by atoms with Crippen molar-refractivity contribution in [2.75, 3.05) is 6.54 Å². The quantitative estimate of drug-likeness (QED) is 0.891. The van der Waals surface area contributed by atoms with Crippen molar-refractivity contribution in [1.29, 1.82) is 0 Å². The zero-order valence-corrected chi connectivity index (χ0v) is 12.7.